The third-order valence-corrected chi connectivity index (χ3v) is 4.89. The van der Waals surface area contributed by atoms with Crippen LogP contribution in [0.2, 0.25) is 0 Å². The maximum atomic E-state index is 12.5. The third kappa shape index (κ3) is 6.01. The number of urea groups is 1. The van der Waals surface area contributed by atoms with Crippen molar-refractivity contribution in [1.82, 2.24) is 20.0 Å². The van der Waals surface area contributed by atoms with Crippen LogP contribution in [-0.2, 0) is 13.1 Å². The molecular weight excluding hydrogens is 312 g/mol. The second-order valence-corrected chi connectivity index (χ2v) is 8.08. The van der Waals surface area contributed by atoms with E-state index in [0.29, 0.717) is 13.1 Å². The minimum absolute atomic E-state index is 0.00900. The predicted molar refractivity (Wildman–Crippen MR) is 104 cm³/mol. The minimum Gasteiger partial charge on any atom is -0.336 e. The Morgan fingerprint density at radius 2 is 1.72 bits per heavy atom. The highest BCUT2D eigenvalue weighted by molar-refractivity contribution is 5.73. The van der Waals surface area contributed by atoms with Gasteiger partial charge in [0.25, 0.3) is 0 Å². The quantitative estimate of drug-likeness (QED) is 0.825. The molecule has 0 aliphatic carbocycles. The molecular formula is C20H34N4O. The lowest BCUT2D eigenvalue weighted by Gasteiger charge is -2.36. The Morgan fingerprint density at radius 3 is 2.32 bits per heavy atom. The summed E-state index contributed by atoms with van der Waals surface area (Å²) in [5.41, 5.74) is 2.45. The van der Waals surface area contributed by atoms with Crippen molar-refractivity contribution in [2.45, 2.75) is 45.3 Å². The first-order valence-corrected chi connectivity index (χ1v) is 9.24. The molecule has 1 aliphatic heterocycles. The van der Waals surface area contributed by atoms with E-state index in [1.807, 2.05) is 7.05 Å². The van der Waals surface area contributed by atoms with Gasteiger partial charge in [0.2, 0.25) is 0 Å². The summed E-state index contributed by atoms with van der Waals surface area (Å²) in [6.45, 7) is 8.91. The molecule has 5 nitrogen and oxygen atoms in total. The van der Waals surface area contributed by atoms with Crippen molar-refractivity contribution in [2.24, 2.45) is 0 Å². The van der Waals surface area contributed by atoms with E-state index < -0.39 is 0 Å². The van der Waals surface area contributed by atoms with Gasteiger partial charge < -0.3 is 15.1 Å². The summed E-state index contributed by atoms with van der Waals surface area (Å²) in [5, 5.41) is 3.10. The molecule has 1 heterocycles. The van der Waals surface area contributed by atoms with Gasteiger partial charge >= 0.3 is 6.03 Å². The fraction of sp³-hybridized carbons (Fsp3) is 0.650. The zero-order chi connectivity index (χ0) is 18.4. The number of hydrogen-bond acceptors (Lipinski definition) is 3. The normalized spacial score (nSPS) is 15.6. The molecule has 25 heavy (non-hydrogen) atoms. The van der Waals surface area contributed by atoms with Gasteiger partial charge in [0.15, 0.2) is 0 Å². The van der Waals surface area contributed by atoms with Crippen molar-refractivity contribution in [3.63, 3.8) is 0 Å². The van der Waals surface area contributed by atoms with Crippen LogP contribution >= 0.6 is 0 Å². The van der Waals surface area contributed by atoms with Crippen LogP contribution in [0.5, 0.6) is 0 Å². The summed E-state index contributed by atoms with van der Waals surface area (Å²) < 4.78 is 0. The van der Waals surface area contributed by atoms with E-state index in [1.54, 1.807) is 4.90 Å². The third-order valence-electron chi connectivity index (χ3n) is 4.89. The summed E-state index contributed by atoms with van der Waals surface area (Å²) in [7, 11) is 5.99. The maximum Gasteiger partial charge on any atom is 0.317 e. The van der Waals surface area contributed by atoms with Gasteiger partial charge in [-0.05, 0) is 65.0 Å². The van der Waals surface area contributed by atoms with Gasteiger partial charge in [-0.15, -0.1) is 0 Å². The van der Waals surface area contributed by atoms with Gasteiger partial charge in [-0.2, -0.15) is 0 Å². The molecule has 1 saturated heterocycles. The van der Waals surface area contributed by atoms with Crippen LogP contribution in [0.4, 0.5) is 4.79 Å². The van der Waals surface area contributed by atoms with E-state index in [-0.39, 0.29) is 11.6 Å². The molecule has 0 saturated carbocycles. The van der Waals surface area contributed by atoms with E-state index in [9.17, 15) is 4.79 Å². The number of likely N-dealkylation sites (tertiary alicyclic amines) is 1. The van der Waals surface area contributed by atoms with E-state index >= 15 is 0 Å². The van der Waals surface area contributed by atoms with Crippen LogP contribution in [0.25, 0.3) is 0 Å². The van der Waals surface area contributed by atoms with Crippen LogP contribution in [0.3, 0.4) is 0 Å². The molecule has 2 rings (SSSR count). The SMILES string of the molecule is CN(C)Cc1cccc(CN(C)C(=O)NCC(C)(C)N2CCCC2)c1. The second kappa shape index (κ2) is 8.68. The van der Waals surface area contributed by atoms with Gasteiger partial charge in [0.05, 0.1) is 0 Å². The number of amides is 2. The number of carbonyl (C=O) groups excluding carboxylic acids is 1. The summed E-state index contributed by atoms with van der Waals surface area (Å²) in [6.07, 6.45) is 2.53. The fourth-order valence-electron chi connectivity index (χ4n) is 3.40. The molecule has 0 spiro atoms. The number of nitrogens with one attached hydrogen (secondary N) is 1. The Bertz CT molecular complexity index is 565. The van der Waals surface area contributed by atoms with E-state index in [0.717, 1.165) is 25.2 Å². The topological polar surface area (TPSA) is 38.8 Å². The number of rotatable bonds is 7. The van der Waals surface area contributed by atoms with Crippen LogP contribution < -0.4 is 5.32 Å². The number of benzene rings is 1. The van der Waals surface area contributed by atoms with Crippen molar-refractivity contribution in [2.75, 3.05) is 40.8 Å². The standard InChI is InChI=1S/C20H34N4O/c1-20(2,24-11-6-7-12-24)16-21-19(25)23(5)15-18-10-8-9-17(13-18)14-22(3)4/h8-10,13H,6-7,11-12,14-16H2,1-5H3,(H,21,25). The minimum atomic E-state index is -0.00900. The van der Waals surface area contributed by atoms with Gasteiger partial charge in [-0.3, -0.25) is 4.90 Å². The Morgan fingerprint density at radius 1 is 1.12 bits per heavy atom. The number of carbonyl (C=O) groups is 1. The van der Waals surface area contributed by atoms with Crippen molar-refractivity contribution < 1.29 is 4.79 Å². The molecule has 2 amide bonds. The molecule has 1 aromatic rings. The monoisotopic (exact) mass is 346 g/mol. The molecule has 1 aliphatic rings. The zero-order valence-electron chi connectivity index (χ0n) is 16.5. The summed E-state index contributed by atoms with van der Waals surface area (Å²) in [4.78, 5) is 18.8. The first-order chi connectivity index (χ1) is 11.8. The molecule has 140 valence electrons. The first kappa shape index (κ1) is 19.7. The Kier molecular flexibility index (Phi) is 6.85. The largest absolute Gasteiger partial charge is 0.336 e. The number of hydrogen-bond donors (Lipinski definition) is 1. The molecule has 1 N–H and O–H groups in total. The van der Waals surface area contributed by atoms with Crippen LogP contribution in [0, 0.1) is 0 Å². The van der Waals surface area contributed by atoms with Gasteiger partial charge in [0, 0.05) is 32.2 Å². The summed E-state index contributed by atoms with van der Waals surface area (Å²) >= 11 is 0. The molecule has 0 atom stereocenters. The van der Waals surface area contributed by atoms with Crippen molar-refractivity contribution in [1.29, 1.82) is 0 Å². The molecule has 0 unspecified atom stereocenters. The zero-order valence-corrected chi connectivity index (χ0v) is 16.5. The van der Waals surface area contributed by atoms with Crippen LogP contribution in [0.15, 0.2) is 24.3 Å². The van der Waals surface area contributed by atoms with E-state index in [2.05, 4.69) is 67.3 Å². The van der Waals surface area contributed by atoms with Crippen LogP contribution in [0.1, 0.15) is 37.8 Å². The van der Waals surface area contributed by atoms with Gasteiger partial charge in [-0.25, -0.2) is 4.79 Å². The highest BCUT2D eigenvalue weighted by atomic mass is 16.2. The lowest BCUT2D eigenvalue weighted by Crippen LogP contribution is -2.52. The lowest BCUT2D eigenvalue weighted by molar-refractivity contribution is 0.146. The first-order valence-electron chi connectivity index (χ1n) is 9.24. The maximum absolute atomic E-state index is 12.5. The highest BCUT2D eigenvalue weighted by Crippen LogP contribution is 2.20. The van der Waals surface area contributed by atoms with Crippen molar-refractivity contribution >= 4 is 6.03 Å². The van der Waals surface area contributed by atoms with E-state index in [1.165, 1.54) is 18.4 Å². The smallest absolute Gasteiger partial charge is 0.317 e. The molecule has 1 aromatic carbocycles. The molecule has 5 heteroatoms. The van der Waals surface area contributed by atoms with Gasteiger partial charge in [-0.1, -0.05) is 24.3 Å². The molecule has 0 bridgehead atoms. The summed E-state index contributed by atoms with van der Waals surface area (Å²) in [5.74, 6) is 0. The second-order valence-electron chi connectivity index (χ2n) is 8.08. The fourth-order valence-corrected chi connectivity index (χ4v) is 3.40. The van der Waals surface area contributed by atoms with Crippen molar-refractivity contribution in [3.8, 4) is 0 Å². The Hall–Kier alpha value is -1.59. The van der Waals surface area contributed by atoms with Crippen molar-refractivity contribution in [3.05, 3.63) is 35.4 Å². The molecule has 0 radical (unpaired) electrons. The summed E-state index contributed by atoms with van der Waals surface area (Å²) in [6, 6.07) is 8.44. The predicted octanol–water partition coefficient (Wildman–Crippen LogP) is 2.76. The van der Waals surface area contributed by atoms with Gasteiger partial charge in [0.1, 0.15) is 0 Å². The van der Waals surface area contributed by atoms with E-state index in [4.69, 9.17) is 0 Å². The number of nitrogens with zero attached hydrogens (tertiary/aromatic N) is 3. The average molecular weight is 347 g/mol. The Labute approximate surface area is 153 Å². The lowest BCUT2D eigenvalue weighted by atomic mass is 10.0. The Balaban J connectivity index is 1.85. The average Bonchev–Trinajstić information content (AvgIpc) is 3.07. The van der Waals surface area contributed by atoms with Crippen LogP contribution in [-0.4, -0.2) is 67.0 Å². The molecule has 1 fully saturated rings. The highest BCUT2D eigenvalue weighted by Gasteiger charge is 2.29. The molecule has 0 aromatic heterocycles.